The van der Waals surface area contributed by atoms with Gasteiger partial charge >= 0.3 is 0 Å². The predicted molar refractivity (Wildman–Crippen MR) is 102 cm³/mol. The molecule has 25 heavy (non-hydrogen) atoms. The van der Waals surface area contributed by atoms with Crippen molar-refractivity contribution in [3.05, 3.63) is 35.9 Å². The number of aliphatic hydroxyl groups is 1. The van der Waals surface area contributed by atoms with Gasteiger partial charge in [0.1, 0.15) is 0 Å². The Hall–Kier alpha value is -1.39. The minimum absolute atomic E-state index is 0.0803. The molecule has 0 aromatic heterocycles. The minimum atomic E-state index is -0.502. The maximum Gasteiger partial charge on any atom is 0.223 e. The van der Waals surface area contributed by atoms with Gasteiger partial charge in [0.25, 0.3) is 0 Å². The average Bonchev–Trinajstić information content (AvgIpc) is 2.99. The van der Waals surface area contributed by atoms with Crippen LogP contribution in [0.4, 0.5) is 0 Å². The van der Waals surface area contributed by atoms with E-state index < -0.39 is 6.10 Å². The summed E-state index contributed by atoms with van der Waals surface area (Å²) in [4.78, 5) is 16.6. The molecule has 1 aromatic rings. The van der Waals surface area contributed by atoms with Gasteiger partial charge in [-0.2, -0.15) is 0 Å². The van der Waals surface area contributed by atoms with Gasteiger partial charge < -0.3 is 10.0 Å². The number of amides is 1. The van der Waals surface area contributed by atoms with Crippen LogP contribution in [0.3, 0.4) is 0 Å². The van der Waals surface area contributed by atoms with Crippen LogP contribution in [-0.4, -0.2) is 51.6 Å². The number of aliphatic hydroxyl groups excluding tert-OH is 1. The van der Waals surface area contributed by atoms with Crippen molar-refractivity contribution in [3.63, 3.8) is 0 Å². The summed E-state index contributed by atoms with van der Waals surface area (Å²) >= 11 is 0. The summed E-state index contributed by atoms with van der Waals surface area (Å²) < 4.78 is 0. The van der Waals surface area contributed by atoms with Gasteiger partial charge in [0.2, 0.25) is 5.91 Å². The highest BCUT2D eigenvalue weighted by molar-refractivity contribution is 5.78. The maximum absolute atomic E-state index is 12.4. The summed E-state index contributed by atoms with van der Waals surface area (Å²) in [5.41, 5.74) is 1.12. The molecule has 140 valence electrons. The standard InChI is InChI=1S/C21H34N2O2/c1-5-16(3)22(17(4)6-2)15-20(24)19-12-13-21(25)23(19)14-18-10-8-7-9-11-18/h7-11,16-17,19-20,24H,5-6,12-15H2,1-4H3/t16-,17-,19+,20+/m1/s1. The third-order valence-electron chi connectivity index (χ3n) is 5.73. The summed E-state index contributed by atoms with van der Waals surface area (Å²) in [6.07, 6.45) is 2.92. The zero-order valence-corrected chi connectivity index (χ0v) is 16.2. The van der Waals surface area contributed by atoms with Crippen LogP contribution in [0, 0.1) is 0 Å². The Bertz CT molecular complexity index is 524. The molecule has 0 unspecified atom stereocenters. The molecule has 1 aliphatic heterocycles. The fourth-order valence-electron chi connectivity index (χ4n) is 3.74. The van der Waals surface area contributed by atoms with Crippen LogP contribution in [0.1, 0.15) is 58.9 Å². The minimum Gasteiger partial charge on any atom is -0.390 e. The highest BCUT2D eigenvalue weighted by Crippen LogP contribution is 2.25. The highest BCUT2D eigenvalue weighted by Gasteiger charge is 2.37. The van der Waals surface area contributed by atoms with Crippen molar-refractivity contribution in [1.29, 1.82) is 0 Å². The van der Waals surface area contributed by atoms with E-state index in [4.69, 9.17) is 0 Å². The number of nitrogens with zero attached hydrogens (tertiary/aromatic N) is 2. The molecule has 1 amide bonds. The van der Waals surface area contributed by atoms with Crippen molar-refractivity contribution >= 4 is 5.91 Å². The molecule has 1 heterocycles. The lowest BCUT2D eigenvalue weighted by Gasteiger charge is -2.38. The monoisotopic (exact) mass is 346 g/mol. The second kappa shape index (κ2) is 9.35. The molecule has 0 aliphatic carbocycles. The van der Waals surface area contributed by atoms with E-state index in [0.717, 1.165) is 24.8 Å². The molecule has 1 saturated heterocycles. The Kier molecular flexibility index (Phi) is 7.45. The number of hydrogen-bond donors (Lipinski definition) is 1. The molecule has 0 spiro atoms. The molecule has 4 atom stereocenters. The molecule has 0 bridgehead atoms. The summed E-state index contributed by atoms with van der Waals surface area (Å²) in [7, 11) is 0. The Labute approximate surface area is 152 Å². The number of carbonyl (C=O) groups is 1. The van der Waals surface area contributed by atoms with Crippen LogP contribution in [0.25, 0.3) is 0 Å². The van der Waals surface area contributed by atoms with Gasteiger partial charge in [-0.1, -0.05) is 44.2 Å². The molecule has 4 heteroatoms. The van der Waals surface area contributed by atoms with E-state index in [0.29, 0.717) is 31.6 Å². The predicted octanol–water partition coefficient (Wildman–Crippen LogP) is 3.44. The second-order valence-corrected chi connectivity index (χ2v) is 7.39. The molecule has 4 nitrogen and oxygen atoms in total. The Morgan fingerprint density at radius 1 is 1.16 bits per heavy atom. The van der Waals surface area contributed by atoms with Crippen LogP contribution in [-0.2, 0) is 11.3 Å². The highest BCUT2D eigenvalue weighted by atomic mass is 16.3. The molecule has 0 saturated carbocycles. The average molecular weight is 347 g/mol. The van der Waals surface area contributed by atoms with Crippen molar-refractivity contribution in [3.8, 4) is 0 Å². The van der Waals surface area contributed by atoms with Gasteiger partial charge in [0.05, 0.1) is 12.1 Å². The Morgan fingerprint density at radius 2 is 1.76 bits per heavy atom. The lowest BCUT2D eigenvalue weighted by molar-refractivity contribution is -0.131. The largest absolute Gasteiger partial charge is 0.390 e. The molecule has 1 aromatic carbocycles. The van der Waals surface area contributed by atoms with Crippen LogP contribution in [0.2, 0.25) is 0 Å². The van der Waals surface area contributed by atoms with Crippen molar-refractivity contribution in [1.82, 2.24) is 9.80 Å². The first-order valence-corrected chi connectivity index (χ1v) is 9.75. The van der Waals surface area contributed by atoms with Gasteiger partial charge in [0.15, 0.2) is 0 Å². The van der Waals surface area contributed by atoms with Crippen LogP contribution >= 0.6 is 0 Å². The number of likely N-dealkylation sites (tertiary alicyclic amines) is 1. The van der Waals surface area contributed by atoms with Gasteiger partial charge in [-0.3, -0.25) is 9.69 Å². The van der Waals surface area contributed by atoms with Crippen molar-refractivity contribution in [2.24, 2.45) is 0 Å². The molecular weight excluding hydrogens is 312 g/mol. The lowest BCUT2D eigenvalue weighted by Crippen LogP contribution is -2.50. The van der Waals surface area contributed by atoms with Crippen molar-refractivity contribution in [2.75, 3.05) is 6.54 Å². The molecule has 1 aliphatic rings. The maximum atomic E-state index is 12.4. The first-order valence-electron chi connectivity index (χ1n) is 9.75. The zero-order chi connectivity index (χ0) is 18.4. The van der Waals surface area contributed by atoms with E-state index in [-0.39, 0.29) is 11.9 Å². The summed E-state index contributed by atoms with van der Waals surface area (Å²) in [5, 5.41) is 10.9. The number of carbonyl (C=O) groups excluding carboxylic acids is 1. The topological polar surface area (TPSA) is 43.8 Å². The second-order valence-electron chi connectivity index (χ2n) is 7.39. The van der Waals surface area contributed by atoms with Crippen molar-refractivity contribution in [2.45, 2.75) is 84.2 Å². The lowest BCUT2D eigenvalue weighted by atomic mass is 10.0. The van der Waals surface area contributed by atoms with Gasteiger partial charge in [-0.15, -0.1) is 0 Å². The van der Waals surface area contributed by atoms with Gasteiger partial charge in [0, 0.05) is 31.6 Å². The quantitative estimate of drug-likeness (QED) is 0.745. The first kappa shape index (κ1) is 19.9. The molecule has 1 fully saturated rings. The van der Waals surface area contributed by atoms with E-state index in [1.807, 2.05) is 35.2 Å². The number of benzene rings is 1. The van der Waals surface area contributed by atoms with E-state index in [1.54, 1.807) is 0 Å². The van der Waals surface area contributed by atoms with E-state index in [1.165, 1.54) is 0 Å². The summed E-state index contributed by atoms with van der Waals surface area (Å²) in [5.74, 6) is 0.159. The summed E-state index contributed by atoms with van der Waals surface area (Å²) in [6, 6.07) is 10.8. The van der Waals surface area contributed by atoms with Crippen LogP contribution < -0.4 is 0 Å². The third kappa shape index (κ3) is 5.05. The van der Waals surface area contributed by atoms with Gasteiger partial charge in [-0.25, -0.2) is 0 Å². The fourth-order valence-corrected chi connectivity index (χ4v) is 3.74. The smallest absolute Gasteiger partial charge is 0.223 e. The third-order valence-corrected chi connectivity index (χ3v) is 5.73. The number of hydrogen-bond acceptors (Lipinski definition) is 3. The van der Waals surface area contributed by atoms with Gasteiger partial charge in [-0.05, 0) is 38.7 Å². The molecule has 0 radical (unpaired) electrons. The number of rotatable bonds is 9. The first-order chi connectivity index (χ1) is 12.0. The molecule has 1 N–H and O–H groups in total. The Morgan fingerprint density at radius 3 is 2.32 bits per heavy atom. The van der Waals surface area contributed by atoms with E-state index >= 15 is 0 Å². The fraction of sp³-hybridized carbons (Fsp3) is 0.667. The zero-order valence-electron chi connectivity index (χ0n) is 16.2. The normalized spacial score (nSPS) is 21.6. The van der Waals surface area contributed by atoms with Crippen LogP contribution in [0.15, 0.2) is 30.3 Å². The molecule has 2 rings (SSSR count). The molecular formula is C21H34N2O2. The SMILES string of the molecule is CC[C@@H](C)N(C[C@H](O)[C@@H]1CCC(=O)N1Cc1ccccc1)[C@H](C)CC. The van der Waals surface area contributed by atoms with Crippen molar-refractivity contribution < 1.29 is 9.90 Å². The van der Waals surface area contributed by atoms with E-state index in [2.05, 4.69) is 32.6 Å². The van der Waals surface area contributed by atoms with Crippen LogP contribution in [0.5, 0.6) is 0 Å². The summed E-state index contributed by atoms with van der Waals surface area (Å²) in [6.45, 7) is 10.0. The van der Waals surface area contributed by atoms with E-state index in [9.17, 15) is 9.90 Å². The Balaban J connectivity index is 2.07.